The molecule has 1 aromatic carbocycles. The van der Waals surface area contributed by atoms with Gasteiger partial charge < -0.3 is 9.15 Å². The zero-order valence-electron chi connectivity index (χ0n) is 13.0. The maximum absolute atomic E-state index is 11.9. The Labute approximate surface area is 128 Å². The maximum Gasteiger partial charge on any atom is 0.434 e. The van der Waals surface area contributed by atoms with Crippen LogP contribution in [0.3, 0.4) is 0 Å². The maximum atomic E-state index is 11.9. The first kappa shape index (κ1) is 16.0. The molecule has 1 atom stereocenters. The number of esters is 1. The van der Waals surface area contributed by atoms with E-state index < -0.39 is 11.4 Å². The molecular weight excluding hydrogens is 284 g/mol. The SMILES string of the molecule is CC(C)(C)OC(=O)CCC(c1ccccc1)c1n[nH]c(=O)o1. The summed E-state index contributed by atoms with van der Waals surface area (Å²) in [5, 5.41) is 6.15. The molecule has 6 heteroatoms. The molecular formula is C16H20N2O4. The van der Waals surface area contributed by atoms with Gasteiger partial charge in [0.2, 0.25) is 5.89 Å². The topological polar surface area (TPSA) is 85.2 Å². The fraction of sp³-hybridized carbons (Fsp3) is 0.438. The summed E-state index contributed by atoms with van der Waals surface area (Å²) in [6.07, 6.45) is 0.667. The Morgan fingerprint density at radius 1 is 1.32 bits per heavy atom. The van der Waals surface area contributed by atoms with Crippen LogP contribution in [-0.2, 0) is 9.53 Å². The lowest BCUT2D eigenvalue weighted by Crippen LogP contribution is -2.24. The third kappa shape index (κ3) is 4.58. The zero-order chi connectivity index (χ0) is 16.2. The van der Waals surface area contributed by atoms with Crippen LogP contribution in [0.2, 0.25) is 0 Å². The van der Waals surface area contributed by atoms with E-state index in [0.29, 0.717) is 6.42 Å². The first-order chi connectivity index (χ1) is 10.3. The number of ether oxygens (including phenoxy) is 1. The second-order valence-corrected chi connectivity index (χ2v) is 6.04. The number of carbonyl (C=O) groups is 1. The summed E-state index contributed by atoms with van der Waals surface area (Å²) in [5.41, 5.74) is 0.416. The standard InChI is InChI=1S/C16H20N2O4/c1-16(2,3)22-13(19)10-9-12(11-7-5-4-6-8-11)14-17-18-15(20)21-14/h4-8,12H,9-10H2,1-3H3,(H,18,20). The molecule has 118 valence electrons. The van der Waals surface area contributed by atoms with E-state index in [1.165, 1.54) is 0 Å². The minimum Gasteiger partial charge on any atom is -0.460 e. The first-order valence-corrected chi connectivity index (χ1v) is 7.17. The summed E-state index contributed by atoms with van der Waals surface area (Å²) in [6.45, 7) is 5.48. The first-order valence-electron chi connectivity index (χ1n) is 7.17. The molecule has 0 amide bonds. The lowest BCUT2D eigenvalue weighted by Gasteiger charge is -2.20. The van der Waals surface area contributed by atoms with Crippen LogP contribution in [0.15, 0.2) is 39.5 Å². The van der Waals surface area contributed by atoms with Gasteiger partial charge in [0.25, 0.3) is 0 Å². The number of nitrogens with zero attached hydrogens (tertiary/aromatic N) is 1. The molecule has 0 bridgehead atoms. The molecule has 0 spiro atoms. The molecule has 1 aromatic heterocycles. The van der Waals surface area contributed by atoms with Gasteiger partial charge in [-0.1, -0.05) is 30.3 Å². The van der Waals surface area contributed by atoms with Crippen LogP contribution >= 0.6 is 0 Å². The van der Waals surface area contributed by atoms with Crippen molar-refractivity contribution in [2.24, 2.45) is 0 Å². The summed E-state index contributed by atoms with van der Waals surface area (Å²) in [4.78, 5) is 23.1. The Balaban J connectivity index is 2.13. The number of rotatable bonds is 5. The van der Waals surface area contributed by atoms with Crippen LogP contribution in [0.1, 0.15) is 51.0 Å². The highest BCUT2D eigenvalue weighted by Gasteiger charge is 2.23. The van der Waals surface area contributed by atoms with Crippen LogP contribution in [0.5, 0.6) is 0 Å². The fourth-order valence-electron chi connectivity index (χ4n) is 2.16. The molecule has 0 aliphatic heterocycles. The van der Waals surface area contributed by atoms with Gasteiger partial charge in [0, 0.05) is 6.42 Å². The molecule has 2 aromatic rings. The van der Waals surface area contributed by atoms with E-state index in [1.54, 1.807) is 0 Å². The fourth-order valence-corrected chi connectivity index (χ4v) is 2.16. The van der Waals surface area contributed by atoms with E-state index >= 15 is 0 Å². The number of aromatic nitrogens is 2. The summed E-state index contributed by atoms with van der Waals surface area (Å²) in [7, 11) is 0. The Bertz CT molecular complexity index is 667. The highest BCUT2D eigenvalue weighted by molar-refractivity contribution is 5.70. The number of hydrogen-bond donors (Lipinski definition) is 1. The average molecular weight is 304 g/mol. The van der Waals surface area contributed by atoms with E-state index in [0.717, 1.165) is 5.56 Å². The van der Waals surface area contributed by atoms with Crippen molar-refractivity contribution in [3.05, 3.63) is 52.3 Å². The van der Waals surface area contributed by atoms with E-state index in [1.807, 2.05) is 51.1 Å². The second-order valence-electron chi connectivity index (χ2n) is 6.04. The molecule has 1 N–H and O–H groups in total. The highest BCUT2D eigenvalue weighted by Crippen LogP contribution is 2.27. The Kier molecular flexibility index (Phi) is 4.80. The largest absolute Gasteiger partial charge is 0.460 e. The summed E-state index contributed by atoms with van der Waals surface area (Å²) in [5.74, 6) is -0.882. The lowest BCUT2D eigenvalue weighted by molar-refractivity contribution is -0.154. The molecule has 0 aliphatic carbocycles. The van der Waals surface area contributed by atoms with Crippen LogP contribution < -0.4 is 5.76 Å². The number of hydrogen-bond acceptors (Lipinski definition) is 5. The second kappa shape index (κ2) is 6.60. The molecule has 22 heavy (non-hydrogen) atoms. The summed E-state index contributed by atoms with van der Waals surface area (Å²) >= 11 is 0. The minimum atomic E-state index is -0.604. The van der Waals surface area contributed by atoms with Crippen molar-refractivity contribution in [3.8, 4) is 0 Å². The molecule has 0 saturated heterocycles. The van der Waals surface area contributed by atoms with Gasteiger partial charge in [-0.05, 0) is 32.8 Å². The Hall–Kier alpha value is -2.37. The van der Waals surface area contributed by atoms with Gasteiger partial charge in [0.1, 0.15) is 5.60 Å². The van der Waals surface area contributed by atoms with Gasteiger partial charge in [-0.2, -0.15) is 0 Å². The van der Waals surface area contributed by atoms with Crippen molar-refractivity contribution < 1.29 is 13.9 Å². The number of benzene rings is 1. The van der Waals surface area contributed by atoms with Gasteiger partial charge in [0.05, 0.1) is 5.92 Å². The smallest absolute Gasteiger partial charge is 0.434 e. The number of aromatic amines is 1. The quantitative estimate of drug-likeness (QED) is 0.858. The van der Waals surface area contributed by atoms with Crippen LogP contribution in [0, 0.1) is 0 Å². The molecule has 1 unspecified atom stereocenters. The van der Waals surface area contributed by atoms with Gasteiger partial charge in [-0.15, -0.1) is 5.10 Å². The lowest BCUT2D eigenvalue weighted by atomic mass is 9.94. The number of carbonyl (C=O) groups excluding carboxylic acids is 1. The van der Waals surface area contributed by atoms with Crippen molar-refractivity contribution in [2.75, 3.05) is 0 Å². The van der Waals surface area contributed by atoms with Crippen molar-refractivity contribution >= 4 is 5.97 Å². The molecule has 0 aliphatic rings. The average Bonchev–Trinajstić information content (AvgIpc) is 2.85. The monoisotopic (exact) mass is 304 g/mol. The minimum absolute atomic E-state index is 0.216. The van der Waals surface area contributed by atoms with Crippen molar-refractivity contribution in [1.29, 1.82) is 0 Å². The van der Waals surface area contributed by atoms with Crippen LogP contribution in [0.25, 0.3) is 0 Å². The molecule has 0 fully saturated rings. The summed E-state index contributed by atoms with van der Waals surface area (Å²) in [6, 6.07) is 9.50. The predicted molar refractivity (Wildman–Crippen MR) is 80.5 cm³/mol. The Morgan fingerprint density at radius 3 is 2.55 bits per heavy atom. The van der Waals surface area contributed by atoms with Gasteiger partial charge >= 0.3 is 11.7 Å². The molecule has 0 radical (unpaired) electrons. The van der Waals surface area contributed by atoms with E-state index in [-0.39, 0.29) is 24.2 Å². The predicted octanol–water partition coefficient (Wildman–Crippen LogP) is 2.62. The normalized spacial score (nSPS) is 12.9. The van der Waals surface area contributed by atoms with E-state index in [4.69, 9.17) is 9.15 Å². The molecule has 2 rings (SSSR count). The zero-order valence-corrected chi connectivity index (χ0v) is 13.0. The molecule has 0 saturated carbocycles. The molecule has 1 heterocycles. The highest BCUT2D eigenvalue weighted by atomic mass is 16.6. The van der Waals surface area contributed by atoms with Gasteiger partial charge in [-0.25, -0.2) is 9.89 Å². The third-order valence-corrected chi connectivity index (χ3v) is 3.01. The van der Waals surface area contributed by atoms with Gasteiger partial charge in [0.15, 0.2) is 0 Å². The molecule has 6 nitrogen and oxygen atoms in total. The Morgan fingerprint density at radius 2 is 2.00 bits per heavy atom. The summed E-state index contributed by atoms with van der Waals surface area (Å²) < 4.78 is 10.4. The third-order valence-electron chi connectivity index (χ3n) is 3.01. The van der Waals surface area contributed by atoms with Gasteiger partial charge in [-0.3, -0.25) is 4.79 Å². The van der Waals surface area contributed by atoms with Crippen molar-refractivity contribution in [3.63, 3.8) is 0 Å². The van der Waals surface area contributed by atoms with Crippen LogP contribution in [0.4, 0.5) is 0 Å². The van der Waals surface area contributed by atoms with Crippen molar-refractivity contribution in [1.82, 2.24) is 10.2 Å². The number of H-pyrrole nitrogens is 1. The number of nitrogens with one attached hydrogen (secondary N) is 1. The van der Waals surface area contributed by atoms with Crippen LogP contribution in [-0.4, -0.2) is 21.8 Å². The van der Waals surface area contributed by atoms with Crippen molar-refractivity contribution in [2.45, 2.75) is 45.1 Å². The van der Waals surface area contributed by atoms with E-state index in [9.17, 15) is 9.59 Å². The van der Waals surface area contributed by atoms with E-state index in [2.05, 4.69) is 10.2 Å².